The smallest absolute Gasteiger partial charge is 0.358 e. The van der Waals surface area contributed by atoms with Crippen molar-refractivity contribution >= 4 is 22.5 Å². The maximum atomic E-state index is 10.9. The summed E-state index contributed by atoms with van der Waals surface area (Å²) in [5, 5.41) is 24.5. The van der Waals surface area contributed by atoms with E-state index in [1.165, 1.54) is 6.07 Å². The number of benzene rings is 1. The summed E-state index contributed by atoms with van der Waals surface area (Å²) in [5.41, 5.74) is 4.00. The first kappa shape index (κ1) is 17.0. The Morgan fingerprint density at radius 1 is 1.14 bits per heavy atom. The van der Waals surface area contributed by atoms with E-state index in [9.17, 15) is 10.1 Å². The molecule has 0 aliphatic carbocycles. The van der Waals surface area contributed by atoms with Gasteiger partial charge in [0.25, 0.3) is 0 Å². The number of fused-ring (bicyclic) bond motifs is 3. The van der Waals surface area contributed by atoms with Crippen molar-refractivity contribution in [2.75, 3.05) is 0 Å². The molecule has 0 aliphatic rings. The van der Waals surface area contributed by atoms with Crippen LogP contribution < -0.4 is 0 Å². The van der Waals surface area contributed by atoms with Crippen LogP contribution in [0.2, 0.25) is 0 Å². The third kappa shape index (κ3) is 2.79. The van der Waals surface area contributed by atoms with Gasteiger partial charge < -0.3 is 10.1 Å². The summed E-state index contributed by atoms with van der Waals surface area (Å²) in [7, 11) is 1.83. The highest BCUT2D eigenvalue weighted by molar-refractivity contribution is 5.88. The average Bonchev–Trinajstić information content (AvgIpc) is 3.40. The predicted octanol–water partition coefficient (Wildman–Crippen LogP) is 2.14. The summed E-state index contributed by atoms with van der Waals surface area (Å²) in [6.07, 6.45) is 3.35. The summed E-state index contributed by atoms with van der Waals surface area (Å²) in [5.74, 6) is 0.434. The summed E-state index contributed by atoms with van der Waals surface area (Å²) < 4.78 is 4.95. The molecule has 0 spiro atoms. The largest absolute Gasteiger partial charge is 0.390 e. The molecule has 0 saturated carbocycles. The third-order valence-corrected chi connectivity index (χ3v) is 4.77. The van der Waals surface area contributed by atoms with Crippen LogP contribution in [0.25, 0.3) is 28.1 Å². The normalized spacial score (nSPS) is 11.5. The van der Waals surface area contributed by atoms with E-state index in [1.54, 1.807) is 33.3 Å². The summed E-state index contributed by atoms with van der Waals surface area (Å²) in [6, 6.07) is 9.18. The van der Waals surface area contributed by atoms with Crippen molar-refractivity contribution in [1.29, 1.82) is 0 Å². The third-order valence-electron chi connectivity index (χ3n) is 4.77. The van der Waals surface area contributed by atoms with E-state index >= 15 is 0 Å². The van der Waals surface area contributed by atoms with Crippen molar-refractivity contribution in [3.8, 4) is 11.4 Å². The maximum Gasteiger partial charge on any atom is 0.390 e. The van der Waals surface area contributed by atoms with E-state index in [1.807, 2.05) is 31.3 Å². The molecule has 4 heterocycles. The highest BCUT2D eigenvalue weighted by Gasteiger charge is 2.16. The second-order valence-corrected chi connectivity index (χ2v) is 6.71. The Bertz CT molecular complexity index is 1380. The van der Waals surface area contributed by atoms with Crippen molar-refractivity contribution in [2.24, 2.45) is 7.05 Å². The van der Waals surface area contributed by atoms with Gasteiger partial charge in [-0.2, -0.15) is 9.78 Å². The molecule has 0 fully saturated rings. The second kappa shape index (κ2) is 6.19. The van der Waals surface area contributed by atoms with Crippen molar-refractivity contribution < 1.29 is 4.92 Å². The van der Waals surface area contributed by atoms with Crippen LogP contribution in [0.4, 0.5) is 5.82 Å². The molecule has 0 unspecified atom stereocenters. The Morgan fingerprint density at radius 2 is 1.93 bits per heavy atom. The van der Waals surface area contributed by atoms with Gasteiger partial charge in [-0.1, -0.05) is 24.3 Å². The molecule has 0 bridgehead atoms. The van der Waals surface area contributed by atoms with Gasteiger partial charge in [0, 0.05) is 12.6 Å². The maximum absolute atomic E-state index is 10.9. The van der Waals surface area contributed by atoms with Gasteiger partial charge >= 0.3 is 5.82 Å². The van der Waals surface area contributed by atoms with E-state index in [2.05, 4.69) is 25.3 Å². The van der Waals surface area contributed by atoms with Crippen LogP contribution in [0.5, 0.6) is 0 Å². The first-order valence-corrected chi connectivity index (χ1v) is 8.81. The quantitative estimate of drug-likeness (QED) is 0.341. The number of hydrogen-bond donors (Lipinski definition) is 0. The van der Waals surface area contributed by atoms with Gasteiger partial charge in [-0.15, -0.1) is 5.10 Å². The van der Waals surface area contributed by atoms with Crippen LogP contribution in [0.3, 0.4) is 0 Å². The molecule has 11 heteroatoms. The molecular formula is C18H15N9O2. The lowest BCUT2D eigenvalue weighted by atomic mass is 10.1. The van der Waals surface area contributed by atoms with Crippen molar-refractivity contribution in [1.82, 2.24) is 39.1 Å². The number of nitrogens with zero attached hydrogens (tertiary/aromatic N) is 9. The average molecular weight is 389 g/mol. The highest BCUT2D eigenvalue weighted by Crippen LogP contribution is 2.21. The topological polar surface area (TPSA) is 122 Å². The number of aromatic nitrogens is 8. The highest BCUT2D eigenvalue weighted by atomic mass is 16.6. The van der Waals surface area contributed by atoms with Crippen LogP contribution in [0.15, 0.2) is 42.9 Å². The molecular weight excluding hydrogens is 374 g/mol. The molecule has 0 atom stereocenters. The Hall–Kier alpha value is -4.15. The van der Waals surface area contributed by atoms with Crippen LogP contribution >= 0.6 is 0 Å². The fraction of sp³-hybridized carbons (Fsp3) is 0.167. The molecule has 0 amide bonds. The first-order valence-electron chi connectivity index (χ1n) is 8.81. The Labute approximate surface area is 163 Å². The number of rotatable bonds is 4. The molecule has 5 aromatic rings. The lowest BCUT2D eigenvalue weighted by molar-refractivity contribution is -0.389. The van der Waals surface area contributed by atoms with E-state index in [0.717, 1.165) is 27.9 Å². The molecule has 0 radical (unpaired) electrons. The number of hydrogen-bond acceptors (Lipinski definition) is 7. The molecule has 29 heavy (non-hydrogen) atoms. The minimum Gasteiger partial charge on any atom is -0.358 e. The SMILES string of the molecule is Cc1cc([N+](=O)[O-])nn1Cc1ccc(-c2nc3c4cnn(C)c4ncn3n2)cc1. The molecule has 1 aromatic carbocycles. The predicted molar refractivity (Wildman–Crippen MR) is 103 cm³/mol. The molecule has 0 saturated heterocycles. The Balaban J connectivity index is 1.45. The van der Waals surface area contributed by atoms with Gasteiger partial charge in [0.15, 0.2) is 17.1 Å². The Morgan fingerprint density at radius 3 is 2.66 bits per heavy atom. The zero-order valence-electron chi connectivity index (χ0n) is 15.6. The molecule has 0 aliphatic heterocycles. The molecule has 5 rings (SSSR count). The second-order valence-electron chi connectivity index (χ2n) is 6.71. The molecule has 11 nitrogen and oxygen atoms in total. The first-order chi connectivity index (χ1) is 14.0. The Kier molecular flexibility index (Phi) is 3.63. The van der Waals surface area contributed by atoms with Gasteiger partial charge in [0.2, 0.25) is 0 Å². The minimum absolute atomic E-state index is 0.150. The van der Waals surface area contributed by atoms with E-state index < -0.39 is 4.92 Å². The van der Waals surface area contributed by atoms with Crippen molar-refractivity contribution in [3.63, 3.8) is 0 Å². The van der Waals surface area contributed by atoms with E-state index in [-0.39, 0.29) is 5.82 Å². The lowest BCUT2D eigenvalue weighted by Gasteiger charge is -2.02. The van der Waals surface area contributed by atoms with Gasteiger partial charge in [-0.3, -0.25) is 4.68 Å². The minimum atomic E-state index is -0.490. The summed E-state index contributed by atoms with van der Waals surface area (Å²) in [4.78, 5) is 19.4. The fourth-order valence-electron chi connectivity index (χ4n) is 3.24. The zero-order chi connectivity index (χ0) is 20.1. The van der Waals surface area contributed by atoms with Gasteiger partial charge in [0.1, 0.15) is 6.33 Å². The van der Waals surface area contributed by atoms with Crippen molar-refractivity contribution in [3.05, 3.63) is 64.2 Å². The summed E-state index contributed by atoms with van der Waals surface area (Å²) >= 11 is 0. The fourth-order valence-corrected chi connectivity index (χ4v) is 3.24. The molecule has 4 aromatic heterocycles. The van der Waals surface area contributed by atoms with E-state index in [4.69, 9.17) is 0 Å². The monoisotopic (exact) mass is 389 g/mol. The molecule has 0 N–H and O–H groups in total. The van der Waals surface area contributed by atoms with Crippen LogP contribution in [-0.2, 0) is 13.6 Å². The van der Waals surface area contributed by atoms with E-state index in [0.29, 0.717) is 18.0 Å². The van der Waals surface area contributed by atoms with Crippen molar-refractivity contribution in [2.45, 2.75) is 13.5 Å². The van der Waals surface area contributed by atoms with Gasteiger partial charge in [-0.25, -0.2) is 14.5 Å². The zero-order valence-corrected chi connectivity index (χ0v) is 15.6. The standard InChI is InChI=1S/C18H15N9O2/c1-11-7-15(27(28)29)22-25(11)9-12-3-5-13(6-4-12)16-21-18-14-8-20-24(2)17(14)19-10-26(18)23-16/h3-8,10H,9H2,1-2H3. The van der Waals surface area contributed by atoms with Gasteiger partial charge in [-0.05, 0) is 17.4 Å². The van der Waals surface area contributed by atoms with Gasteiger partial charge in [0.05, 0.1) is 35.0 Å². The lowest BCUT2D eigenvalue weighted by Crippen LogP contribution is -2.04. The number of aryl methyl sites for hydroxylation is 2. The summed E-state index contributed by atoms with van der Waals surface area (Å²) in [6.45, 7) is 2.24. The molecule has 144 valence electrons. The van der Waals surface area contributed by atoms with Crippen LogP contribution in [0.1, 0.15) is 11.3 Å². The number of nitro groups is 1. The van der Waals surface area contributed by atoms with Crippen LogP contribution in [0, 0.1) is 17.0 Å². The van der Waals surface area contributed by atoms with Crippen LogP contribution in [-0.4, -0.2) is 44.1 Å².